The third-order valence-electron chi connectivity index (χ3n) is 9.62. The molecule has 0 aliphatic carbocycles. The monoisotopic (exact) mass is 682 g/mol. The van der Waals surface area contributed by atoms with Gasteiger partial charge in [-0.25, -0.2) is 13.2 Å². The Hall–Kier alpha value is -3.61. The molecule has 252 valence electrons. The predicted molar refractivity (Wildman–Crippen MR) is 164 cm³/mol. The molecule has 6 rings (SSSR count). The van der Waals surface area contributed by atoms with Gasteiger partial charge in [-0.15, -0.1) is 0 Å². The molecule has 0 radical (unpaired) electrons. The first kappa shape index (κ1) is 33.3. The number of anilines is 2. The second kappa shape index (κ2) is 12.4. The molecule has 1 aromatic carbocycles. The fourth-order valence-corrected chi connectivity index (χ4v) is 7.55. The van der Waals surface area contributed by atoms with Gasteiger partial charge in [0, 0.05) is 54.8 Å². The number of hydrogen-bond donors (Lipinski definition) is 2. The topological polar surface area (TPSA) is 116 Å². The minimum atomic E-state index is -5.09. The van der Waals surface area contributed by atoms with Crippen molar-refractivity contribution in [2.75, 3.05) is 50.0 Å². The normalized spacial score (nSPS) is 25.0. The zero-order valence-electron chi connectivity index (χ0n) is 25.6. The first-order valence-corrected chi connectivity index (χ1v) is 15.7. The SMILES string of the molecule is CCN1CC[C@H](C(F)F)[C@](C)(COc2nc(N3C[C@H]4CC[C@@H](C3)N4)c3cnc(-c4c(C#N)c(N)cc(Cl)c4C(F)(F)F)c(F)c3n2)C1. The number of benzene rings is 1. The number of nitrogens with zero attached hydrogens (tertiary/aromatic N) is 6. The van der Waals surface area contributed by atoms with Gasteiger partial charge in [-0.3, -0.25) is 4.98 Å². The van der Waals surface area contributed by atoms with Crippen molar-refractivity contribution in [3.8, 4) is 23.3 Å². The van der Waals surface area contributed by atoms with Crippen molar-refractivity contribution in [3.63, 3.8) is 0 Å². The Kier molecular flexibility index (Phi) is 8.82. The molecule has 3 saturated heterocycles. The standard InChI is InChI=1S/C31H33ClF6N8O/c1-3-45-7-6-19(27(34)35)30(2,13-45)14-47-29-43-25-18(28(44-29)46-11-15-4-5-16(12-46)42-15)10-41-26(24(25)33)22-17(9-39)21(40)8-20(32)23(22)31(36,37)38/h8,10,15-16,19,27,42H,3-7,11-14,40H2,1-2H3/t15-,16+,19-,30+/m1/s1. The molecule has 0 saturated carbocycles. The Labute approximate surface area is 272 Å². The number of fused-ring (bicyclic) bond motifs is 3. The molecule has 0 unspecified atom stereocenters. The third kappa shape index (κ3) is 6.11. The summed E-state index contributed by atoms with van der Waals surface area (Å²) >= 11 is 5.96. The number of hydrogen-bond acceptors (Lipinski definition) is 9. The molecule has 2 bridgehead atoms. The van der Waals surface area contributed by atoms with Gasteiger partial charge in [0.2, 0.25) is 6.43 Å². The highest BCUT2D eigenvalue weighted by molar-refractivity contribution is 6.32. The van der Waals surface area contributed by atoms with Crippen LogP contribution in [0.2, 0.25) is 5.02 Å². The third-order valence-corrected chi connectivity index (χ3v) is 9.92. The van der Waals surface area contributed by atoms with Crippen molar-refractivity contribution in [2.45, 2.75) is 57.8 Å². The number of ether oxygens (including phenoxy) is 1. The van der Waals surface area contributed by atoms with E-state index in [1.807, 2.05) is 16.7 Å². The van der Waals surface area contributed by atoms with Gasteiger partial charge in [0.05, 0.1) is 33.8 Å². The second-order valence-corrected chi connectivity index (χ2v) is 13.2. The summed E-state index contributed by atoms with van der Waals surface area (Å²) in [5.74, 6) is -2.00. The minimum absolute atomic E-state index is 0.105. The number of aromatic nitrogens is 3. The maximum atomic E-state index is 16.6. The summed E-state index contributed by atoms with van der Waals surface area (Å²) in [6, 6.07) is 2.36. The van der Waals surface area contributed by atoms with Crippen LogP contribution in [-0.4, -0.2) is 77.7 Å². The Balaban J connectivity index is 1.50. The smallest absolute Gasteiger partial charge is 0.418 e. The van der Waals surface area contributed by atoms with E-state index in [1.54, 1.807) is 13.0 Å². The van der Waals surface area contributed by atoms with Crippen LogP contribution in [0, 0.1) is 28.5 Å². The molecule has 0 amide bonds. The summed E-state index contributed by atoms with van der Waals surface area (Å²) in [4.78, 5) is 16.9. The van der Waals surface area contributed by atoms with E-state index in [2.05, 4.69) is 20.3 Å². The molecule has 5 heterocycles. The van der Waals surface area contributed by atoms with Crippen LogP contribution in [0.4, 0.5) is 37.8 Å². The first-order chi connectivity index (χ1) is 22.2. The molecular weight excluding hydrogens is 650 g/mol. The fourth-order valence-electron chi connectivity index (χ4n) is 7.23. The van der Waals surface area contributed by atoms with Crippen molar-refractivity contribution in [2.24, 2.45) is 11.3 Å². The highest BCUT2D eigenvalue weighted by Crippen LogP contribution is 2.46. The maximum Gasteiger partial charge on any atom is 0.418 e. The largest absolute Gasteiger partial charge is 0.463 e. The molecule has 4 atom stereocenters. The number of nitrogens with two attached hydrogens (primary N) is 1. The lowest BCUT2D eigenvalue weighted by Gasteiger charge is -2.45. The summed E-state index contributed by atoms with van der Waals surface area (Å²) in [6.07, 6.45) is -4.45. The lowest BCUT2D eigenvalue weighted by atomic mass is 9.73. The van der Waals surface area contributed by atoms with Crippen LogP contribution < -0.4 is 20.7 Å². The highest BCUT2D eigenvalue weighted by atomic mass is 35.5. The summed E-state index contributed by atoms with van der Waals surface area (Å²) in [5, 5.41) is 12.5. The van der Waals surface area contributed by atoms with Crippen molar-refractivity contribution >= 4 is 34.0 Å². The zero-order valence-corrected chi connectivity index (χ0v) is 26.4. The number of piperidine rings is 1. The first-order valence-electron chi connectivity index (χ1n) is 15.3. The number of nitrogen functional groups attached to an aromatic ring is 1. The molecule has 3 fully saturated rings. The van der Waals surface area contributed by atoms with Crippen LogP contribution >= 0.6 is 11.6 Å². The number of pyridine rings is 1. The van der Waals surface area contributed by atoms with Crippen LogP contribution in [0.5, 0.6) is 6.01 Å². The average molecular weight is 683 g/mol. The molecule has 3 N–H and O–H groups in total. The van der Waals surface area contributed by atoms with Crippen LogP contribution in [-0.2, 0) is 6.18 Å². The van der Waals surface area contributed by atoms with Crippen molar-refractivity contribution in [1.82, 2.24) is 25.2 Å². The van der Waals surface area contributed by atoms with Crippen molar-refractivity contribution in [1.29, 1.82) is 5.26 Å². The van der Waals surface area contributed by atoms with Gasteiger partial charge in [0.1, 0.15) is 23.1 Å². The summed E-state index contributed by atoms with van der Waals surface area (Å²) in [6.45, 7) is 5.94. The van der Waals surface area contributed by atoms with Gasteiger partial charge in [-0.2, -0.15) is 28.4 Å². The Morgan fingerprint density at radius 2 is 1.91 bits per heavy atom. The summed E-state index contributed by atoms with van der Waals surface area (Å²) < 4.78 is 93.8. The number of nitrogens with one attached hydrogen (secondary N) is 1. The molecule has 3 aliphatic heterocycles. The van der Waals surface area contributed by atoms with E-state index in [0.29, 0.717) is 32.7 Å². The van der Waals surface area contributed by atoms with E-state index in [-0.39, 0.29) is 48.0 Å². The number of alkyl halides is 5. The van der Waals surface area contributed by atoms with E-state index in [0.717, 1.165) is 25.1 Å². The Morgan fingerprint density at radius 1 is 1.21 bits per heavy atom. The maximum absolute atomic E-state index is 16.6. The zero-order chi connectivity index (χ0) is 33.8. The molecular formula is C31H33ClF6N8O. The van der Waals surface area contributed by atoms with E-state index in [9.17, 15) is 27.2 Å². The number of nitriles is 1. The number of likely N-dealkylation sites (tertiary alicyclic amines) is 1. The fraction of sp³-hybridized carbons (Fsp3) is 0.548. The van der Waals surface area contributed by atoms with Crippen LogP contribution in [0.1, 0.15) is 44.2 Å². The molecule has 3 aliphatic rings. The number of piperazine rings is 1. The summed E-state index contributed by atoms with van der Waals surface area (Å²) in [7, 11) is 0. The van der Waals surface area contributed by atoms with Crippen molar-refractivity contribution in [3.05, 3.63) is 34.2 Å². The van der Waals surface area contributed by atoms with E-state index >= 15 is 4.39 Å². The quantitative estimate of drug-likeness (QED) is 0.233. The van der Waals surface area contributed by atoms with Gasteiger partial charge in [0.15, 0.2) is 5.82 Å². The molecule has 0 spiro atoms. The Morgan fingerprint density at radius 3 is 2.53 bits per heavy atom. The second-order valence-electron chi connectivity index (χ2n) is 12.8. The van der Waals surface area contributed by atoms with Gasteiger partial charge >= 0.3 is 12.2 Å². The van der Waals surface area contributed by atoms with Gasteiger partial charge in [0.25, 0.3) is 0 Å². The minimum Gasteiger partial charge on any atom is -0.463 e. The van der Waals surface area contributed by atoms with Crippen LogP contribution in [0.15, 0.2) is 12.3 Å². The molecule has 16 heteroatoms. The van der Waals surface area contributed by atoms with Crippen LogP contribution in [0.3, 0.4) is 0 Å². The Bertz CT molecular complexity index is 1720. The lowest BCUT2D eigenvalue weighted by molar-refractivity contribution is -0.137. The van der Waals surface area contributed by atoms with E-state index in [4.69, 9.17) is 22.1 Å². The summed E-state index contributed by atoms with van der Waals surface area (Å²) in [5.41, 5.74) is 0.190. The molecule has 2 aromatic heterocycles. The van der Waals surface area contributed by atoms with E-state index < -0.39 is 62.7 Å². The molecule has 3 aromatic rings. The molecule has 9 nitrogen and oxygen atoms in total. The van der Waals surface area contributed by atoms with Gasteiger partial charge in [-0.1, -0.05) is 25.4 Å². The van der Waals surface area contributed by atoms with E-state index in [1.165, 1.54) is 0 Å². The molecule has 47 heavy (non-hydrogen) atoms. The average Bonchev–Trinajstić information content (AvgIpc) is 3.35. The number of rotatable bonds is 7. The van der Waals surface area contributed by atoms with Crippen molar-refractivity contribution < 1.29 is 31.1 Å². The van der Waals surface area contributed by atoms with Gasteiger partial charge in [-0.05, 0) is 38.4 Å². The highest BCUT2D eigenvalue weighted by Gasteiger charge is 2.45. The number of halogens is 7. The lowest BCUT2D eigenvalue weighted by Crippen LogP contribution is -2.52. The van der Waals surface area contributed by atoms with Crippen LogP contribution in [0.25, 0.3) is 22.2 Å². The van der Waals surface area contributed by atoms with Gasteiger partial charge < -0.3 is 25.6 Å². The predicted octanol–water partition coefficient (Wildman–Crippen LogP) is 5.89.